The Morgan fingerprint density at radius 2 is 2.09 bits per heavy atom. The van der Waals surface area contributed by atoms with E-state index in [1.807, 2.05) is 11.8 Å². The van der Waals surface area contributed by atoms with Crippen molar-refractivity contribution in [2.75, 3.05) is 13.2 Å². The third-order valence-corrected chi connectivity index (χ3v) is 7.60. The molecule has 2 saturated heterocycles. The zero-order chi connectivity index (χ0) is 15.2. The van der Waals surface area contributed by atoms with Crippen molar-refractivity contribution in [2.24, 2.45) is 17.8 Å². The summed E-state index contributed by atoms with van der Waals surface area (Å²) in [6.07, 6.45) is 8.72. The van der Waals surface area contributed by atoms with E-state index in [2.05, 4.69) is 17.6 Å². The van der Waals surface area contributed by atoms with E-state index in [0.717, 1.165) is 44.3 Å². The second-order valence-corrected chi connectivity index (χ2v) is 9.52. The fourth-order valence-corrected chi connectivity index (χ4v) is 6.40. The molecule has 4 aliphatic rings. The van der Waals surface area contributed by atoms with Crippen molar-refractivity contribution in [3.8, 4) is 0 Å². The fourth-order valence-electron chi connectivity index (χ4n) is 4.98. The smallest absolute Gasteiger partial charge is 0.237 e. The summed E-state index contributed by atoms with van der Waals surface area (Å²) in [6.45, 7) is 3.85. The molecule has 2 bridgehead atoms. The second-order valence-electron chi connectivity index (χ2n) is 7.91. The highest BCUT2D eigenvalue weighted by Gasteiger charge is 2.47. The molecule has 2 saturated carbocycles. The Morgan fingerprint density at radius 1 is 1.27 bits per heavy atom. The van der Waals surface area contributed by atoms with Gasteiger partial charge >= 0.3 is 0 Å². The number of hydrogen-bond donors (Lipinski definition) is 2. The molecule has 0 spiro atoms. The molecule has 2 aliphatic heterocycles. The van der Waals surface area contributed by atoms with E-state index >= 15 is 0 Å². The maximum atomic E-state index is 12.5. The number of hydrogen-bond acceptors (Lipinski definition) is 4. The Kier molecular flexibility index (Phi) is 4.16. The molecular formula is C17H28N2O2S. The predicted molar refractivity (Wildman–Crippen MR) is 88.5 cm³/mol. The van der Waals surface area contributed by atoms with E-state index in [4.69, 9.17) is 4.74 Å². The van der Waals surface area contributed by atoms with Gasteiger partial charge in [-0.25, -0.2) is 0 Å². The fraction of sp³-hybridized carbons (Fsp3) is 0.941. The first-order valence-electron chi connectivity index (χ1n) is 8.95. The van der Waals surface area contributed by atoms with Gasteiger partial charge in [-0.1, -0.05) is 6.42 Å². The molecule has 5 heteroatoms. The van der Waals surface area contributed by atoms with Gasteiger partial charge in [-0.3, -0.25) is 10.1 Å². The number of amides is 1. The van der Waals surface area contributed by atoms with Crippen LogP contribution in [0.4, 0.5) is 0 Å². The molecule has 1 amide bonds. The molecule has 22 heavy (non-hydrogen) atoms. The van der Waals surface area contributed by atoms with E-state index in [-0.39, 0.29) is 16.2 Å². The first-order valence-corrected chi connectivity index (χ1v) is 9.83. The number of rotatable bonds is 4. The summed E-state index contributed by atoms with van der Waals surface area (Å²) in [5.41, 5.74) is 0.113. The normalized spacial score (nSPS) is 45.4. The van der Waals surface area contributed by atoms with Crippen LogP contribution in [0.15, 0.2) is 0 Å². The zero-order valence-electron chi connectivity index (χ0n) is 13.5. The molecular weight excluding hydrogens is 296 g/mol. The van der Waals surface area contributed by atoms with Crippen LogP contribution in [0.1, 0.15) is 51.9 Å². The van der Waals surface area contributed by atoms with Gasteiger partial charge in [0, 0.05) is 19.3 Å². The summed E-state index contributed by atoms with van der Waals surface area (Å²) >= 11 is 1.82. The maximum absolute atomic E-state index is 12.5. The molecule has 4 nitrogen and oxygen atoms in total. The number of carbonyl (C=O) groups is 1. The lowest BCUT2D eigenvalue weighted by molar-refractivity contribution is -0.123. The lowest BCUT2D eigenvalue weighted by atomic mass is 9.89. The van der Waals surface area contributed by atoms with Crippen molar-refractivity contribution >= 4 is 17.7 Å². The van der Waals surface area contributed by atoms with Crippen LogP contribution in [0.2, 0.25) is 0 Å². The summed E-state index contributed by atoms with van der Waals surface area (Å²) in [5.74, 6) is 2.66. The number of nitrogens with one attached hydrogen (secondary N) is 2. The summed E-state index contributed by atoms with van der Waals surface area (Å²) < 4.78 is 5.18. The van der Waals surface area contributed by atoms with Crippen LogP contribution in [0, 0.1) is 17.8 Å². The second kappa shape index (κ2) is 5.99. The average Bonchev–Trinajstić information content (AvgIpc) is 3.16. The first-order chi connectivity index (χ1) is 10.6. The van der Waals surface area contributed by atoms with E-state index < -0.39 is 0 Å². The van der Waals surface area contributed by atoms with Gasteiger partial charge in [0.05, 0.1) is 4.75 Å². The van der Waals surface area contributed by atoms with Crippen molar-refractivity contribution < 1.29 is 9.53 Å². The number of fused-ring (bicyclic) bond motifs is 2. The van der Waals surface area contributed by atoms with Crippen LogP contribution in [0.5, 0.6) is 0 Å². The van der Waals surface area contributed by atoms with E-state index in [0.29, 0.717) is 12.0 Å². The van der Waals surface area contributed by atoms with Crippen molar-refractivity contribution in [1.82, 2.24) is 10.6 Å². The van der Waals surface area contributed by atoms with Crippen LogP contribution < -0.4 is 10.6 Å². The third-order valence-electron chi connectivity index (χ3n) is 6.24. The molecule has 0 radical (unpaired) electrons. The summed E-state index contributed by atoms with van der Waals surface area (Å²) in [5, 5.41) is 6.94. The van der Waals surface area contributed by atoms with E-state index in [9.17, 15) is 4.79 Å². The lowest BCUT2D eigenvalue weighted by Gasteiger charge is -2.30. The van der Waals surface area contributed by atoms with Gasteiger partial charge in [0.15, 0.2) is 0 Å². The number of thioether (sulfide) groups is 1. The Morgan fingerprint density at radius 3 is 2.77 bits per heavy atom. The molecule has 4 rings (SSSR count). The average molecular weight is 324 g/mol. The van der Waals surface area contributed by atoms with Gasteiger partial charge in [-0.15, -0.1) is 11.8 Å². The maximum Gasteiger partial charge on any atom is 0.237 e. The minimum Gasteiger partial charge on any atom is -0.381 e. The van der Waals surface area contributed by atoms with Crippen LogP contribution in [0.25, 0.3) is 0 Å². The molecule has 5 atom stereocenters. The highest BCUT2D eigenvalue weighted by atomic mass is 32.2. The van der Waals surface area contributed by atoms with Crippen LogP contribution in [-0.4, -0.2) is 35.4 Å². The van der Waals surface area contributed by atoms with Crippen molar-refractivity contribution in [2.45, 2.75) is 68.2 Å². The largest absolute Gasteiger partial charge is 0.381 e. The van der Waals surface area contributed by atoms with Crippen molar-refractivity contribution in [3.63, 3.8) is 0 Å². The molecule has 2 aliphatic carbocycles. The van der Waals surface area contributed by atoms with Gasteiger partial charge in [0.1, 0.15) is 5.50 Å². The summed E-state index contributed by atoms with van der Waals surface area (Å²) in [7, 11) is 0. The molecule has 3 unspecified atom stereocenters. The van der Waals surface area contributed by atoms with Gasteiger partial charge in [0.25, 0.3) is 0 Å². The minimum absolute atomic E-state index is 0.113. The monoisotopic (exact) mass is 324 g/mol. The van der Waals surface area contributed by atoms with Gasteiger partial charge < -0.3 is 10.1 Å². The molecule has 4 fully saturated rings. The summed E-state index contributed by atoms with van der Waals surface area (Å²) in [6, 6.07) is 0.627. The molecule has 0 aromatic rings. The number of carbonyl (C=O) groups excluding carboxylic acids is 1. The SMILES string of the molecule is CC1(CC2CCOCC2)SC(N[C@H]2C[C@@H]3CCC2C3)NC1=O. The number of ether oxygens (including phenoxy) is 1. The van der Waals surface area contributed by atoms with E-state index in [1.54, 1.807) is 0 Å². The topological polar surface area (TPSA) is 50.4 Å². The first kappa shape index (κ1) is 15.3. The standard InChI is InChI=1S/C17H28N2O2S/c1-17(10-11-4-6-21-7-5-11)15(20)19-16(22-17)18-14-9-12-2-3-13(14)8-12/h11-14,16,18H,2-10H2,1H3,(H,19,20)/t12-,13?,14+,16?,17?/m1/s1. The van der Waals surface area contributed by atoms with Gasteiger partial charge in [-0.05, 0) is 63.2 Å². The molecule has 0 aromatic carbocycles. The van der Waals surface area contributed by atoms with E-state index in [1.165, 1.54) is 25.7 Å². The highest BCUT2D eigenvalue weighted by molar-refractivity contribution is 8.02. The quantitative estimate of drug-likeness (QED) is 0.834. The van der Waals surface area contributed by atoms with Crippen LogP contribution >= 0.6 is 11.8 Å². The summed E-state index contributed by atoms with van der Waals surface area (Å²) in [4.78, 5) is 12.5. The van der Waals surface area contributed by atoms with Crippen LogP contribution in [0.3, 0.4) is 0 Å². The van der Waals surface area contributed by atoms with Crippen molar-refractivity contribution in [3.05, 3.63) is 0 Å². The third kappa shape index (κ3) is 2.92. The predicted octanol–water partition coefficient (Wildman–Crippen LogP) is 2.49. The highest BCUT2D eigenvalue weighted by Crippen LogP contribution is 2.46. The lowest BCUT2D eigenvalue weighted by Crippen LogP contribution is -2.46. The Hall–Kier alpha value is -0.260. The zero-order valence-corrected chi connectivity index (χ0v) is 14.3. The molecule has 124 valence electrons. The van der Waals surface area contributed by atoms with Gasteiger partial charge in [-0.2, -0.15) is 0 Å². The van der Waals surface area contributed by atoms with Crippen molar-refractivity contribution in [1.29, 1.82) is 0 Å². The minimum atomic E-state index is -0.267. The van der Waals surface area contributed by atoms with Crippen LogP contribution in [-0.2, 0) is 9.53 Å². The Balaban J connectivity index is 1.33. The Bertz CT molecular complexity index is 440. The molecule has 2 N–H and O–H groups in total. The molecule has 2 heterocycles. The molecule has 0 aromatic heterocycles. The Labute approximate surface area is 137 Å². The van der Waals surface area contributed by atoms with Gasteiger partial charge in [0.2, 0.25) is 5.91 Å².